The van der Waals surface area contributed by atoms with Gasteiger partial charge in [-0.05, 0) is 29.8 Å². The first kappa shape index (κ1) is 18.4. The van der Waals surface area contributed by atoms with E-state index in [2.05, 4.69) is 6.07 Å². The Morgan fingerprint density at radius 1 is 1.19 bits per heavy atom. The van der Waals surface area contributed by atoms with Gasteiger partial charge in [-0.15, -0.1) is 11.8 Å². The molecule has 0 radical (unpaired) electrons. The molecule has 0 aromatic heterocycles. The number of amides is 1. The maximum atomic E-state index is 13.0. The number of nitrogens with zero attached hydrogens (tertiary/aromatic N) is 2. The first-order chi connectivity index (χ1) is 12.9. The number of thioether (sulfide) groups is 1. The Hall–Kier alpha value is -1.97. The van der Waals surface area contributed by atoms with Crippen molar-refractivity contribution in [3.63, 3.8) is 0 Å². The molecule has 0 saturated carbocycles. The molecule has 27 heavy (non-hydrogen) atoms. The van der Waals surface area contributed by atoms with Gasteiger partial charge >= 0.3 is 0 Å². The van der Waals surface area contributed by atoms with E-state index in [0.717, 1.165) is 5.56 Å². The van der Waals surface area contributed by atoms with Crippen LogP contribution in [0.5, 0.6) is 0 Å². The maximum absolute atomic E-state index is 13.0. The van der Waals surface area contributed by atoms with Crippen molar-refractivity contribution in [1.82, 2.24) is 4.90 Å². The van der Waals surface area contributed by atoms with Gasteiger partial charge in [-0.25, -0.2) is 0 Å². The topological polar surface area (TPSA) is 64.3 Å². The predicted octanol–water partition coefficient (Wildman–Crippen LogP) is 4.64. The highest BCUT2D eigenvalue weighted by Gasteiger charge is 2.51. The lowest BCUT2D eigenvalue weighted by molar-refractivity contribution is -0.149. The highest BCUT2D eigenvalue weighted by Crippen LogP contribution is 2.51. The highest BCUT2D eigenvalue weighted by molar-refractivity contribution is 8.03. The molecular weight excluding hydrogens is 403 g/mol. The molecule has 2 heterocycles. The van der Waals surface area contributed by atoms with Crippen molar-refractivity contribution >= 4 is 40.9 Å². The summed E-state index contributed by atoms with van der Waals surface area (Å²) in [7, 11) is 0. The van der Waals surface area contributed by atoms with E-state index in [-0.39, 0.29) is 24.0 Å². The highest BCUT2D eigenvalue weighted by atomic mass is 35.5. The Kier molecular flexibility index (Phi) is 4.69. The third kappa shape index (κ3) is 3.03. The van der Waals surface area contributed by atoms with E-state index in [1.807, 2.05) is 6.07 Å². The van der Waals surface area contributed by atoms with Gasteiger partial charge in [0.2, 0.25) is 5.91 Å². The smallest absolute Gasteiger partial charge is 0.231 e. The van der Waals surface area contributed by atoms with Crippen LogP contribution in [0.25, 0.3) is 0 Å². The van der Waals surface area contributed by atoms with E-state index < -0.39 is 5.72 Å². The van der Waals surface area contributed by atoms with Gasteiger partial charge in [-0.1, -0.05) is 47.5 Å². The van der Waals surface area contributed by atoms with E-state index in [1.165, 1.54) is 16.7 Å². The second-order valence-electron chi connectivity index (χ2n) is 6.48. The van der Waals surface area contributed by atoms with Gasteiger partial charge in [0.1, 0.15) is 0 Å². The van der Waals surface area contributed by atoms with Crippen molar-refractivity contribution in [2.45, 2.75) is 18.1 Å². The number of rotatable bonds is 2. The summed E-state index contributed by atoms with van der Waals surface area (Å²) in [5.41, 5.74) is 0.373. The number of benzene rings is 2. The number of halogens is 2. The van der Waals surface area contributed by atoms with E-state index in [9.17, 15) is 15.2 Å². The Labute approximate surface area is 171 Å². The Morgan fingerprint density at radius 2 is 1.93 bits per heavy atom. The molecule has 2 aromatic carbocycles. The van der Waals surface area contributed by atoms with Gasteiger partial charge in [0.25, 0.3) is 0 Å². The van der Waals surface area contributed by atoms with Crippen molar-refractivity contribution in [3.8, 4) is 6.07 Å². The van der Waals surface area contributed by atoms with Crippen molar-refractivity contribution < 1.29 is 9.90 Å². The van der Waals surface area contributed by atoms with Gasteiger partial charge in [0.05, 0.1) is 22.4 Å². The van der Waals surface area contributed by atoms with Crippen LogP contribution < -0.4 is 0 Å². The number of fused-ring (bicyclic) bond motifs is 1. The summed E-state index contributed by atoms with van der Waals surface area (Å²) in [4.78, 5) is 14.4. The quantitative estimate of drug-likeness (QED) is 0.774. The minimum absolute atomic E-state index is 0.100. The van der Waals surface area contributed by atoms with Crippen LogP contribution in [0.3, 0.4) is 0 Å². The lowest BCUT2D eigenvalue weighted by Crippen LogP contribution is -2.48. The fraction of sp³-hybridized carbons (Fsp3) is 0.200. The zero-order chi connectivity index (χ0) is 19.2. The molecular formula is C20H14Cl2N2O2S. The van der Waals surface area contributed by atoms with Crippen molar-refractivity contribution in [2.24, 2.45) is 0 Å². The molecule has 4 rings (SSSR count). The molecule has 1 fully saturated rings. The molecule has 1 N–H and O–H groups in total. The van der Waals surface area contributed by atoms with Crippen LogP contribution in [0.4, 0.5) is 0 Å². The molecule has 2 atom stereocenters. The van der Waals surface area contributed by atoms with Crippen molar-refractivity contribution in [3.05, 3.63) is 80.3 Å². The van der Waals surface area contributed by atoms with E-state index >= 15 is 0 Å². The SMILES string of the molecule is N#CC1=C2SC[C@](O)(c3ccc(Cl)cc3)N2C(=O)C[C@H]1c1cccc(Cl)c1. The van der Waals surface area contributed by atoms with Crippen LogP contribution >= 0.6 is 35.0 Å². The molecule has 0 aliphatic carbocycles. The Balaban J connectivity index is 1.81. The fourth-order valence-electron chi connectivity index (χ4n) is 3.56. The summed E-state index contributed by atoms with van der Waals surface area (Å²) in [5.74, 6) is -0.340. The summed E-state index contributed by atoms with van der Waals surface area (Å²) in [6.45, 7) is 0. The minimum Gasteiger partial charge on any atom is -0.366 e. The average Bonchev–Trinajstić information content (AvgIpc) is 3.01. The molecule has 0 bridgehead atoms. The molecule has 1 saturated heterocycles. The molecule has 2 aromatic rings. The normalized spacial score (nSPS) is 24.7. The lowest BCUT2D eigenvalue weighted by atomic mass is 9.85. The standard InChI is InChI=1S/C20H14Cl2N2O2S/c21-14-6-4-13(5-7-14)20(26)11-27-19-17(10-23)16(9-18(25)24(19)20)12-2-1-3-15(22)8-12/h1-8,16,26H,9,11H2/t16-,20-/m0/s1. The molecule has 2 aliphatic heterocycles. The molecule has 2 aliphatic rings. The third-order valence-electron chi connectivity index (χ3n) is 4.87. The molecule has 4 nitrogen and oxygen atoms in total. The lowest BCUT2D eigenvalue weighted by Gasteiger charge is -2.38. The van der Waals surface area contributed by atoms with Crippen LogP contribution in [0.15, 0.2) is 59.1 Å². The predicted molar refractivity (Wildman–Crippen MR) is 106 cm³/mol. The van der Waals surface area contributed by atoms with Crippen LogP contribution in [-0.2, 0) is 10.5 Å². The summed E-state index contributed by atoms with van der Waals surface area (Å²) >= 11 is 13.4. The molecule has 1 amide bonds. The first-order valence-electron chi connectivity index (χ1n) is 8.28. The van der Waals surface area contributed by atoms with E-state index in [0.29, 0.717) is 26.2 Å². The number of carbonyl (C=O) groups excluding carboxylic acids is 1. The van der Waals surface area contributed by atoms with Gasteiger partial charge in [0, 0.05) is 27.9 Å². The van der Waals surface area contributed by atoms with E-state index in [4.69, 9.17) is 23.2 Å². The first-order valence-corrected chi connectivity index (χ1v) is 10.0. The Bertz CT molecular complexity index is 1000. The number of nitriles is 1. The summed E-state index contributed by atoms with van der Waals surface area (Å²) in [6, 6.07) is 16.2. The maximum Gasteiger partial charge on any atom is 0.231 e. The molecule has 0 spiro atoms. The van der Waals surface area contributed by atoms with Crippen LogP contribution in [0.2, 0.25) is 10.0 Å². The number of carbonyl (C=O) groups is 1. The van der Waals surface area contributed by atoms with Crippen LogP contribution in [-0.4, -0.2) is 21.7 Å². The summed E-state index contributed by atoms with van der Waals surface area (Å²) in [5, 5.41) is 22.7. The monoisotopic (exact) mass is 416 g/mol. The largest absolute Gasteiger partial charge is 0.366 e. The zero-order valence-electron chi connectivity index (χ0n) is 14.0. The van der Waals surface area contributed by atoms with Gasteiger partial charge < -0.3 is 5.11 Å². The molecule has 136 valence electrons. The van der Waals surface area contributed by atoms with E-state index in [1.54, 1.807) is 42.5 Å². The second-order valence-corrected chi connectivity index (χ2v) is 8.32. The van der Waals surface area contributed by atoms with Crippen LogP contribution in [0.1, 0.15) is 23.5 Å². The molecule has 7 heteroatoms. The van der Waals surface area contributed by atoms with Gasteiger partial charge in [-0.3, -0.25) is 9.69 Å². The zero-order valence-corrected chi connectivity index (χ0v) is 16.4. The van der Waals surface area contributed by atoms with Gasteiger partial charge in [-0.2, -0.15) is 5.26 Å². The van der Waals surface area contributed by atoms with Crippen molar-refractivity contribution in [2.75, 3.05) is 5.75 Å². The second kappa shape index (κ2) is 6.88. The number of hydrogen-bond acceptors (Lipinski definition) is 4. The molecule has 0 unspecified atom stereocenters. The number of allylic oxidation sites excluding steroid dienone is 1. The minimum atomic E-state index is -1.50. The van der Waals surface area contributed by atoms with Crippen molar-refractivity contribution in [1.29, 1.82) is 5.26 Å². The van der Waals surface area contributed by atoms with Crippen LogP contribution in [0, 0.1) is 11.3 Å². The third-order valence-corrected chi connectivity index (χ3v) is 6.58. The average molecular weight is 417 g/mol. The summed E-state index contributed by atoms with van der Waals surface area (Å²) < 4.78 is 0. The van der Waals surface area contributed by atoms with Gasteiger partial charge in [0.15, 0.2) is 5.72 Å². The Morgan fingerprint density at radius 3 is 2.59 bits per heavy atom. The summed E-state index contributed by atoms with van der Waals surface area (Å²) in [6.07, 6.45) is 0.100. The number of hydrogen-bond donors (Lipinski definition) is 1. The number of aliphatic hydroxyl groups is 1. The fourth-order valence-corrected chi connectivity index (χ4v) is 5.25.